The van der Waals surface area contributed by atoms with Crippen molar-refractivity contribution in [3.05, 3.63) is 0 Å². The summed E-state index contributed by atoms with van der Waals surface area (Å²) >= 11 is 0. The molecule has 1 atom stereocenters. The zero-order valence-electron chi connectivity index (χ0n) is 15.1. The van der Waals surface area contributed by atoms with Crippen LogP contribution in [0.1, 0.15) is 65.2 Å². The van der Waals surface area contributed by atoms with E-state index in [2.05, 4.69) is 19.2 Å². The lowest BCUT2D eigenvalue weighted by molar-refractivity contribution is -0.158. The lowest BCUT2D eigenvalue weighted by Gasteiger charge is -2.25. The van der Waals surface area contributed by atoms with Crippen LogP contribution in [0.15, 0.2) is 0 Å². The van der Waals surface area contributed by atoms with Crippen molar-refractivity contribution in [2.24, 2.45) is 0 Å². The van der Waals surface area contributed by atoms with E-state index in [9.17, 15) is 9.59 Å². The fraction of sp³-hybridized carbons (Fsp3) is 0.882. The Hall–Kier alpha value is -1.14. The van der Waals surface area contributed by atoms with Gasteiger partial charge in [0.05, 0.1) is 0 Å². The molecule has 136 valence electrons. The van der Waals surface area contributed by atoms with Crippen LogP contribution in [-0.2, 0) is 23.8 Å². The van der Waals surface area contributed by atoms with E-state index in [0.717, 1.165) is 38.5 Å². The number of rotatable bonds is 14. The Morgan fingerprint density at radius 1 is 0.913 bits per heavy atom. The van der Waals surface area contributed by atoms with Gasteiger partial charge in [0.15, 0.2) is 6.29 Å². The van der Waals surface area contributed by atoms with Crippen molar-refractivity contribution >= 4 is 11.9 Å². The van der Waals surface area contributed by atoms with Crippen LogP contribution in [0.25, 0.3) is 0 Å². The fourth-order valence-corrected chi connectivity index (χ4v) is 2.20. The van der Waals surface area contributed by atoms with Crippen molar-refractivity contribution in [3.8, 4) is 0 Å². The zero-order chi connectivity index (χ0) is 17.5. The molecule has 0 radical (unpaired) electrons. The molecule has 6 heteroatoms. The summed E-state index contributed by atoms with van der Waals surface area (Å²) in [6.07, 6.45) is 6.01. The minimum Gasteiger partial charge on any atom is -0.463 e. The zero-order valence-corrected chi connectivity index (χ0v) is 15.1. The van der Waals surface area contributed by atoms with Crippen molar-refractivity contribution in [2.75, 3.05) is 20.8 Å². The molecule has 0 saturated carbocycles. The van der Waals surface area contributed by atoms with Crippen LogP contribution < -0.4 is 5.32 Å². The maximum atomic E-state index is 12.0. The van der Waals surface area contributed by atoms with Crippen LogP contribution in [-0.4, -0.2) is 45.0 Å². The number of ether oxygens (including phenoxy) is 3. The highest BCUT2D eigenvalue weighted by Gasteiger charge is 2.24. The fourth-order valence-electron chi connectivity index (χ4n) is 2.20. The smallest absolute Gasteiger partial charge is 0.305 e. The van der Waals surface area contributed by atoms with Crippen molar-refractivity contribution in [1.29, 1.82) is 0 Å². The highest BCUT2D eigenvalue weighted by Crippen LogP contribution is 2.06. The third kappa shape index (κ3) is 11.1. The first kappa shape index (κ1) is 21.9. The number of hydrogen-bond acceptors (Lipinski definition) is 5. The van der Waals surface area contributed by atoms with E-state index in [-0.39, 0.29) is 18.5 Å². The number of amides is 1. The van der Waals surface area contributed by atoms with Gasteiger partial charge >= 0.3 is 5.97 Å². The number of hydrogen-bond donors (Lipinski definition) is 1. The summed E-state index contributed by atoms with van der Waals surface area (Å²) in [4.78, 5) is 23.7. The summed E-state index contributed by atoms with van der Waals surface area (Å²) in [7, 11) is 2.99. The molecule has 0 aliphatic rings. The Morgan fingerprint density at radius 2 is 1.48 bits per heavy atom. The summed E-state index contributed by atoms with van der Waals surface area (Å²) in [6, 6.07) is -0.505. The van der Waals surface area contributed by atoms with E-state index in [0.29, 0.717) is 12.8 Å². The minimum absolute atomic E-state index is 0.0524. The standard InChI is InChI=1S/C17H33NO5/c1-5-7-9-11-15(19)18-14(17(21-3)22-4)13-23-16(20)12-10-8-6-2/h14,17H,5-13H2,1-4H3,(H,18,19). The van der Waals surface area contributed by atoms with Gasteiger partial charge in [0.2, 0.25) is 5.91 Å². The number of methoxy groups -OCH3 is 2. The largest absolute Gasteiger partial charge is 0.463 e. The van der Waals surface area contributed by atoms with Crippen molar-refractivity contribution < 1.29 is 23.8 Å². The van der Waals surface area contributed by atoms with Gasteiger partial charge in [-0.1, -0.05) is 39.5 Å². The second kappa shape index (κ2) is 14.5. The quantitative estimate of drug-likeness (QED) is 0.301. The van der Waals surface area contributed by atoms with Gasteiger partial charge in [0.1, 0.15) is 12.6 Å². The van der Waals surface area contributed by atoms with Crippen molar-refractivity contribution in [1.82, 2.24) is 5.32 Å². The molecule has 0 saturated heterocycles. The molecule has 1 unspecified atom stereocenters. The third-order valence-corrected chi connectivity index (χ3v) is 3.56. The molecular weight excluding hydrogens is 298 g/mol. The molecule has 0 aliphatic carbocycles. The second-order valence-corrected chi connectivity index (χ2v) is 5.61. The highest BCUT2D eigenvalue weighted by molar-refractivity contribution is 5.76. The monoisotopic (exact) mass is 331 g/mol. The molecule has 0 aliphatic heterocycles. The van der Waals surface area contributed by atoms with Crippen LogP contribution in [0.4, 0.5) is 0 Å². The predicted octanol–water partition coefficient (Wildman–Crippen LogP) is 2.79. The van der Waals surface area contributed by atoms with E-state index < -0.39 is 12.3 Å². The molecule has 0 bridgehead atoms. The number of unbranched alkanes of at least 4 members (excludes halogenated alkanes) is 4. The first-order chi connectivity index (χ1) is 11.1. The second-order valence-electron chi connectivity index (χ2n) is 5.61. The molecule has 0 aromatic heterocycles. The number of esters is 1. The lowest BCUT2D eigenvalue weighted by atomic mass is 10.2. The maximum Gasteiger partial charge on any atom is 0.305 e. The SMILES string of the molecule is CCCCCC(=O)NC(COC(=O)CCCCC)C(OC)OC. The maximum absolute atomic E-state index is 12.0. The van der Waals surface area contributed by atoms with Crippen LogP contribution in [0, 0.1) is 0 Å². The lowest BCUT2D eigenvalue weighted by Crippen LogP contribution is -2.48. The number of nitrogens with one attached hydrogen (secondary N) is 1. The molecular formula is C17H33NO5. The van der Waals surface area contributed by atoms with Crippen LogP contribution in [0.3, 0.4) is 0 Å². The van der Waals surface area contributed by atoms with Crippen molar-refractivity contribution in [3.63, 3.8) is 0 Å². The molecule has 0 fully saturated rings. The Kier molecular flexibility index (Phi) is 13.7. The van der Waals surface area contributed by atoms with Gasteiger partial charge < -0.3 is 19.5 Å². The van der Waals surface area contributed by atoms with Gasteiger partial charge in [0, 0.05) is 27.1 Å². The molecule has 0 rings (SSSR count). The Balaban J connectivity index is 4.34. The minimum atomic E-state index is -0.645. The van der Waals surface area contributed by atoms with Crippen molar-refractivity contribution in [2.45, 2.75) is 77.5 Å². The summed E-state index contributed by atoms with van der Waals surface area (Å²) in [5.41, 5.74) is 0. The summed E-state index contributed by atoms with van der Waals surface area (Å²) in [6.45, 7) is 4.22. The summed E-state index contributed by atoms with van der Waals surface area (Å²) < 4.78 is 15.6. The molecule has 0 spiro atoms. The van der Waals surface area contributed by atoms with Crippen LogP contribution in [0.2, 0.25) is 0 Å². The number of carbonyl (C=O) groups excluding carboxylic acids is 2. The van der Waals surface area contributed by atoms with E-state index in [1.165, 1.54) is 14.2 Å². The number of carbonyl (C=O) groups is 2. The van der Waals surface area contributed by atoms with E-state index >= 15 is 0 Å². The third-order valence-electron chi connectivity index (χ3n) is 3.56. The Bertz CT molecular complexity index is 318. The first-order valence-corrected chi connectivity index (χ1v) is 8.59. The Labute approximate surface area is 140 Å². The average molecular weight is 331 g/mol. The van der Waals surface area contributed by atoms with E-state index in [1.807, 2.05) is 0 Å². The normalized spacial score (nSPS) is 12.2. The molecule has 6 nitrogen and oxygen atoms in total. The molecule has 0 aromatic rings. The molecule has 0 heterocycles. The Morgan fingerprint density at radius 3 is 2.00 bits per heavy atom. The van der Waals surface area contributed by atoms with Gasteiger partial charge in [-0.25, -0.2) is 0 Å². The van der Waals surface area contributed by atoms with Gasteiger partial charge in [-0.05, 0) is 12.8 Å². The molecule has 23 heavy (non-hydrogen) atoms. The summed E-state index contributed by atoms with van der Waals surface area (Å²) in [5, 5.41) is 2.83. The van der Waals surface area contributed by atoms with Crippen LogP contribution in [0.5, 0.6) is 0 Å². The predicted molar refractivity (Wildman–Crippen MR) is 89.0 cm³/mol. The highest BCUT2D eigenvalue weighted by atomic mass is 16.7. The molecule has 0 aromatic carbocycles. The van der Waals surface area contributed by atoms with Gasteiger partial charge in [-0.2, -0.15) is 0 Å². The van der Waals surface area contributed by atoms with Gasteiger partial charge in [0.25, 0.3) is 0 Å². The molecule has 1 amide bonds. The van der Waals surface area contributed by atoms with Crippen LogP contribution >= 0.6 is 0 Å². The average Bonchev–Trinajstić information content (AvgIpc) is 2.54. The molecule has 1 N–H and O–H groups in total. The van der Waals surface area contributed by atoms with Gasteiger partial charge in [-0.15, -0.1) is 0 Å². The van der Waals surface area contributed by atoms with E-state index in [1.54, 1.807) is 0 Å². The summed E-state index contributed by atoms with van der Waals surface area (Å²) in [5.74, 6) is -0.334. The van der Waals surface area contributed by atoms with E-state index in [4.69, 9.17) is 14.2 Å². The van der Waals surface area contributed by atoms with Gasteiger partial charge in [-0.3, -0.25) is 9.59 Å². The topological polar surface area (TPSA) is 73.9 Å². The first-order valence-electron chi connectivity index (χ1n) is 8.59.